The lowest BCUT2D eigenvalue weighted by molar-refractivity contribution is 0.132. The number of alkyl carbamates (subject to hydrolysis) is 1. The molecule has 1 aromatic carbocycles. The van der Waals surface area contributed by atoms with E-state index in [0.29, 0.717) is 24.6 Å². The standard InChI is InChI=1S/C16H19F2N3O5S/c1-25-15(22)19-8-11-9-21(16(23)26-11)10-6-12(17)14(13(18)7-10)20-2-4-27(24)5-3-20/h6-7,11H,2-5,8-9H2,1H3,(H,19,22)/t11-/m0/s1. The minimum absolute atomic E-state index is 0.0167. The van der Waals surface area contributed by atoms with E-state index in [9.17, 15) is 22.6 Å². The van der Waals surface area contributed by atoms with Crippen LogP contribution in [0.25, 0.3) is 0 Å². The van der Waals surface area contributed by atoms with Gasteiger partial charge in [0.2, 0.25) is 0 Å². The number of nitrogens with one attached hydrogen (secondary N) is 1. The van der Waals surface area contributed by atoms with Gasteiger partial charge in [0.05, 0.1) is 25.9 Å². The Hall–Kier alpha value is -2.43. The minimum atomic E-state index is -0.964. The Morgan fingerprint density at radius 2 is 1.96 bits per heavy atom. The lowest BCUT2D eigenvalue weighted by atomic mass is 10.2. The average Bonchev–Trinajstić information content (AvgIpc) is 3.01. The van der Waals surface area contributed by atoms with Crippen molar-refractivity contribution >= 4 is 34.4 Å². The fourth-order valence-corrected chi connectivity index (χ4v) is 4.03. The summed E-state index contributed by atoms with van der Waals surface area (Å²) in [5.41, 5.74) is -0.160. The molecule has 0 radical (unpaired) electrons. The SMILES string of the molecule is COC(=O)NC[C@H]1CN(c2cc(F)c(N3CCS(=O)CC3)c(F)c2)C(=O)O1. The summed E-state index contributed by atoms with van der Waals surface area (Å²) in [5.74, 6) is -0.898. The van der Waals surface area contributed by atoms with Crippen LogP contribution in [0.15, 0.2) is 12.1 Å². The van der Waals surface area contributed by atoms with Crippen molar-refractivity contribution in [2.24, 2.45) is 0 Å². The molecule has 2 fully saturated rings. The van der Waals surface area contributed by atoms with E-state index in [1.54, 1.807) is 0 Å². The maximum atomic E-state index is 14.6. The Bertz CT molecular complexity index is 745. The molecular weight excluding hydrogens is 384 g/mol. The second kappa shape index (κ2) is 8.07. The monoisotopic (exact) mass is 403 g/mol. The van der Waals surface area contributed by atoms with Crippen molar-refractivity contribution in [3.8, 4) is 0 Å². The third-order valence-electron chi connectivity index (χ3n) is 4.34. The van der Waals surface area contributed by atoms with E-state index < -0.39 is 40.7 Å². The van der Waals surface area contributed by atoms with Crippen LogP contribution in [-0.4, -0.2) is 67.3 Å². The predicted molar refractivity (Wildman–Crippen MR) is 94.5 cm³/mol. The number of halogens is 2. The van der Waals surface area contributed by atoms with Gasteiger partial charge in [-0.2, -0.15) is 0 Å². The number of amides is 2. The summed E-state index contributed by atoms with van der Waals surface area (Å²) in [5, 5.41) is 2.40. The van der Waals surface area contributed by atoms with Gasteiger partial charge in [-0.05, 0) is 0 Å². The molecule has 0 saturated carbocycles. The van der Waals surface area contributed by atoms with E-state index in [1.165, 1.54) is 12.0 Å². The van der Waals surface area contributed by atoms with Gasteiger partial charge in [-0.1, -0.05) is 0 Å². The predicted octanol–water partition coefficient (Wildman–Crippen LogP) is 1.21. The van der Waals surface area contributed by atoms with Gasteiger partial charge in [-0.3, -0.25) is 9.11 Å². The number of benzene rings is 1. The zero-order chi connectivity index (χ0) is 19.6. The normalized spacial score (nSPS) is 20.6. The maximum Gasteiger partial charge on any atom is 0.414 e. The first kappa shape index (κ1) is 19.3. The molecule has 2 aliphatic rings. The van der Waals surface area contributed by atoms with Gasteiger partial charge in [0.15, 0.2) is 11.6 Å². The van der Waals surface area contributed by atoms with Gasteiger partial charge in [0.25, 0.3) is 0 Å². The fraction of sp³-hybridized carbons (Fsp3) is 0.500. The molecule has 2 amide bonds. The summed E-state index contributed by atoms with van der Waals surface area (Å²) >= 11 is 0. The fourth-order valence-electron chi connectivity index (χ4n) is 2.98. The maximum absolute atomic E-state index is 14.6. The molecule has 1 aromatic rings. The second-order valence-corrected chi connectivity index (χ2v) is 7.78. The van der Waals surface area contributed by atoms with Crippen molar-refractivity contribution in [3.05, 3.63) is 23.8 Å². The molecule has 0 spiro atoms. The molecule has 2 aliphatic heterocycles. The summed E-state index contributed by atoms with van der Waals surface area (Å²) in [6.45, 7) is 0.645. The number of carbonyl (C=O) groups excluding carboxylic acids is 2. The van der Waals surface area contributed by atoms with Crippen molar-refractivity contribution in [2.75, 3.05) is 54.6 Å². The summed E-state index contributed by atoms with van der Waals surface area (Å²) in [6, 6.07) is 2.14. The molecule has 148 valence electrons. The van der Waals surface area contributed by atoms with Crippen molar-refractivity contribution in [1.82, 2.24) is 5.32 Å². The molecule has 27 heavy (non-hydrogen) atoms. The zero-order valence-electron chi connectivity index (χ0n) is 14.6. The molecule has 2 heterocycles. The number of anilines is 2. The first-order valence-electron chi connectivity index (χ1n) is 8.28. The summed E-state index contributed by atoms with van der Waals surface area (Å²) in [4.78, 5) is 25.7. The molecule has 1 N–H and O–H groups in total. The van der Waals surface area contributed by atoms with Crippen LogP contribution >= 0.6 is 0 Å². The van der Waals surface area contributed by atoms with Crippen molar-refractivity contribution < 1.29 is 32.1 Å². The molecule has 0 aromatic heterocycles. The zero-order valence-corrected chi connectivity index (χ0v) is 15.4. The van der Waals surface area contributed by atoms with Crippen LogP contribution in [0.5, 0.6) is 0 Å². The number of carbonyl (C=O) groups is 2. The van der Waals surface area contributed by atoms with Gasteiger partial charge in [-0.25, -0.2) is 18.4 Å². The number of nitrogens with zero attached hydrogens (tertiary/aromatic N) is 2. The second-order valence-electron chi connectivity index (χ2n) is 6.08. The van der Waals surface area contributed by atoms with E-state index in [1.807, 2.05) is 0 Å². The molecular formula is C16H19F2N3O5S. The molecule has 0 unspecified atom stereocenters. The van der Waals surface area contributed by atoms with Crippen molar-refractivity contribution in [1.29, 1.82) is 0 Å². The third-order valence-corrected chi connectivity index (χ3v) is 5.62. The number of methoxy groups -OCH3 is 1. The highest BCUT2D eigenvalue weighted by Gasteiger charge is 2.34. The first-order chi connectivity index (χ1) is 12.9. The van der Waals surface area contributed by atoms with E-state index in [-0.39, 0.29) is 24.5 Å². The average molecular weight is 403 g/mol. The van der Waals surface area contributed by atoms with E-state index in [4.69, 9.17) is 4.74 Å². The highest BCUT2D eigenvalue weighted by Crippen LogP contribution is 2.31. The lowest BCUT2D eigenvalue weighted by Crippen LogP contribution is -2.39. The number of hydrogen-bond donors (Lipinski definition) is 1. The topological polar surface area (TPSA) is 88.2 Å². The smallest absolute Gasteiger partial charge is 0.414 e. The molecule has 0 aliphatic carbocycles. The van der Waals surface area contributed by atoms with E-state index in [2.05, 4.69) is 10.1 Å². The largest absolute Gasteiger partial charge is 0.453 e. The van der Waals surface area contributed by atoms with Crippen LogP contribution in [-0.2, 0) is 20.3 Å². The Labute approximate surface area is 156 Å². The van der Waals surface area contributed by atoms with Crippen LogP contribution in [0.3, 0.4) is 0 Å². The summed E-state index contributed by atoms with van der Waals surface area (Å²) in [7, 11) is 0.240. The first-order valence-corrected chi connectivity index (χ1v) is 9.76. The molecule has 2 saturated heterocycles. The van der Waals surface area contributed by atoms with Crippen LogP contribution < -0.4 is 15.1 Å². The Kier molecular flexibility index (Phi) is 5.78. The van der Waals surface area contributed by atoms with Crippen LogP contribution in [0, 0.1) is 11.6 Å². The Balaban J connectivity index is 1.73. The molecule has 1 atom stereocenters. The van der Waals surface area contributed by atoms with Gasteiger partial charge in [0.1, 0.15) is 11.8 Å². The minimum Gasteiger partial charge on any atom is -0.453 e. The Morgan fingerprint density at radius 3 is 2.56 bits per heavy atom. The number of cyclic esters (lactones) is 1. The number of rotatable bonds is 4. The quantitative estimate of drug-likeness (QED) is 0.813. The van der Waals surface area contributed by atoms with Crippen molar-refractivity contribution in [3.63, 3.8) is 0 Å². The van der Waals surface area contributed by atoms with Gasteiger partial charge in [0, 0.05) is 47.5 Å². The molecule has 11 heteroatoms. The highest BCUT2D eigenvalue weighted by atomic mass is 32.2. The van der Waals surface area contributed by atoms with E-state index in [0.717, 1.165) is 17.0 Å². The van der Waals surface area contributed by atoms with Gasteiger partial charge in [-0.15, -0.1) is 0 Å². The van der Waals surface area contributed by atoms with Crippen LogP contribution in [0.2, 0.25) is 0 Å². The van der Waals surface area contributed by atoms with Gasteiger partial charge >= 0.3 is 12.2 Å². The molecule has 3 rings (SSSR count). The number of ether oxygens (including phenoxy) is 2. The summed E-state index contributed by atoms with van der Waals surface area (Å²) < 4.78 is 50.1. The lowest BCUT2D eigenvalue weighted by Gasteiger charge is -2.29. The molecule has 8 nitrogen and oxygen atoms in total. The third kappa shape index (κ3) is 4.29. The Morgan fingerprint density at radius 1 is 1.33 bits per heavy atom. The van der Waals surface area contributed by atoms with Crippen LogP contribution in [0.1, 0.15) is 0 Å². The number of hydrogen-bond acceptors (Lipinski definition) is 6. The molecule has 0 bridgehead atoms. The van der Waals surface area contributed by atoms with E-state index >= 15 is 0 Å². The summed E-state index contributed by atoms with van der Waals surface area (Å²) in [6.07, 6.45) is -2.10. The van der Waals surface area contributed by atoms with Crippen LogP contribution in [0.4, 0.5) is 29.7 Å². The van der Waals surface area contributed by atoms with Crippen molar-refractivity contribution in [2.45, 2.75) is 6.10 Å². The highest BCUT2D eigenvalue weighted by molar-refractivity contribution is 7.85. The van der Waals surface area contributed by atoms with Gasteiger partial charge < -0.3 is 19.7 Å².